The van der Waals surface area contributed by atoms with Crippen LogP contribution in [0.5, 0.6) is 0 Å². The number of rotatable bonds is 9. The fraction of sp³-hybridized carbons (Fsp3) is 0.450. The Kier molecular flexibility index (Phi) is 7.95. The third kappa shape index (κ3) is 6.27. The normalized spacial score (nSPS) is 12.8. The fourth-order valence-electron chi connectivity index (χ4n) is 2.90. The van der Waals surface area contributed by atoms with E-state index in [-0.39, 0.29) is 12.5 Å². The van der Waals surface area contributed by atoms with Gasteiger partial charge in [-0.25, -0.2) is 0 Å². The SMILES string of the molecule is COCCCN(Cc1cccn1Cc1cccc(C(F)(F)F)c1)C(=O)[C@H](C)Cl. The van der Waals surface area contributed by atoms with Crippen LogP contribution in [0.2, 0.25) is 0 Å². The minimum Gasteiger partial charge on any atom is -0.385 e. The van der Waals surface area contributed by atoms with Gasteiger partial charge in [0.1, 0.15) is 5.38 Å². The Hall–Kier alpha value is -1.99. The molecule has 8 heteroatoms. The van der Waals surface area contributed by atoms with Crippen LogP contribution in [0.25, 0.3) is 0 Å². The van der Waals surface area contributed by atoms with Gasteiger partial charge in [-0.1, -0.05) is 12.1 Å². The summed E-state index contributed by atoms with van der Waals surface area (Å²) in [5.74, 6) is -0.190. The summed E-state index contributed by atoms with van der Waals surface area (Å²) in [7, 11) is 1.59. The highest BCUT2D eigenvalue weighted by atomic mass is 35.5. The van der Waals surface area contributed by atoms with E-state index < -0.39 is 17.1 Å². The Balaban J connectivity index is 2.16. The number of aromatic nitrogens is 1. The van der Waals surface area contributed by atoms with Crippen molar-refractivity contribution in [2.45, 2.75) is 38.0 Å². The summed E-state index contributed by atoms with van der Waals surface area (Å²) < 4.78 is 45.7. The number of halogens is 4. The smallest absolute Gasteiger partial charge is 0.385 e. The monoisotopic (exact) mass is 416 g/mol. The zero-order valence-corrected chi connectivity index (χ0v) is 16.6. The Morgan fingerprint density at radius 3 is 2.68 bits per heavy atom. The van der Waals surface area contributed by atoms with Crippen molar-refractivity contribution in [2.75, 3.05) is 20.3 Å². The van der Waals surface area contributed by atoms with E-state index in [4.69, 9.17) is 16.3 Å². The Labute approximate surface area is 167 Å². The van der Waals surface area contributed by atoms with E-state index >= 15 is 0 Å². The summed E-state index contributed by atoms with van der Waals surface area (Å²) in [6.07, 6.45) is -1.92. The van der Waals surface area contributed by atoms with Gasteiger partial charge in [-0.05, 0) is 43.2 Å². The van der Waals surface area contributed by atoms with Crippen molar-refractivity contribution in [1.82, 2.24) is 9.47 Å². The van der Waals surface area contributed by atoms with Crippen molar-refractivity contribution in [3.8, 4) is 0 Å². The molecule has 0 unspecified atom stereocenters. The van der Waals surface area contributed by atoms with Crippen molar-refractivity contribution < 1.29 is 22.7 Å². The van der Waals surface area contributed by atoms with Crippen molar-refractivity contribution in [1.29, 1.82) is 0 Å². The maximum Gasteiger partial charge on any atom is 0.416 e. The first-order valence-corrected chi connectivity index (χ1v) is 9.38. The van der Waals surface area contributed by atoms with E-state index in [1.165, 1.54) is 6.07 Å². The maximum atomic E-state index is 12.9. The molecule has 0 bridgehead atoms. The lowest BCUT2D eigenvalue weighted by Crippen LogP contribution is -2.37. The van der Waals surface area contributed by atoms with Gasteiger partial charge in [-0.2, -0.15) is 13.2 Å². The number of nitrogens with zero attached hydrogens (tertiary/aromatic N) is 2. The Morgan fingerprint density at radius 2 is 2.04 bits per heavy atom. The van der Waals surface area contributed by atoms with Crippen LogP contribution < -0.4 is 0 Å². The van der Waals surface area contributed by atoms with Gasteiger partial charge >= 0.3 is 6.18 Å². The second kappa shape index (κ2) is 9.98. The number of hydrogen-bond donors (Lipinski definition) is 0. The fourth-order valence-corrected chi connectivity index (χ4v) is 3.04. The van der Waals surface area contributed by atoms with Crippen LogP contribution in [-0.4, -0.2) is 41.0 Å². The number of benzene rings is 1. The molecule has 0 N–H and O–H groups in total. The quantitative estimate of drug-likeness (QED) is 0.444. The number of carbonyl (C=O) groups excluding carboxylic acids is 1. The predicted molar refractivity (Wildman–Crippen MR) is 102 cm³/mol. The summed E-state index contributed by atoms with van der Waals surface area (Å²) in [6.45, 7) is 3.23. The lowest BCUT2D eigenvalue weighted by atomic mass is 10.1. The average Bonchev–Trinajstić information content (AvgIpc) is 3.06. The molecule has 1 amide bonds. The van der Waals surface area contributed by atoms with Gasteiger partial charge in [0.05, 0.1) is 12.1 Å². The minimum absolute atomic E-state index is 0.190. The second-order valence-electron chi connectivity index (χ2n) is 6.55. The van der Waals surface area contributed by atoms with E-state index in [9.17, 15) is 18.0 Å². The van der Waals surface area contributed by atoms with E-state index in [1.54, 1.807) is 31.2 Å². The summed E-state index contributed by atoms with van der Waals surface area (Å²) in [5.41, 5.74) is 0.682. The van der Waals surface area contributed by atoms with E-state index in [0.717, 1.165) is 17.8 Å². The molecule has 0 fully saturated rings. The molecule has 1 atom stereocenters. The molecule has 0 aliphatic carbocycles. The number of methoxy groups -OCH3 is 1. The third-order valence-corrected chi connectivity index (χ3v) is 4.50. The highest BCUT2D eigenvalue weighted by molar-refractivity contribution is 6.30. The van der Waals surface area contributed by atoms with E-state index in [1.807, 2.05) is 16.7 Å². The topological polar surface area (TPSA) is 34.5 Å². The van der Waals surface area contributed by atoms with Crippen molar-refractivity contribution in [3.63, 3.8) is 0 Å². The van der Waals surface area contributed by atoms with Gasteiger partial charge in [-0.3, -0.25) is 4.79 Å². The zero-order chi connectivity index (χ0) is 20.7. The molecule has 0 aliphatic heterocycles. The predicted octanol–water partition coefficient (Wildman–Crippen LogP) is 4.55. The molecule has 2 aromatic rings. The molecular formula is C20H24ClF3N2O2. The molecule has 0 aliphatic rings. The van der Waals surface area contributed by atoms with E-state index in [0.29, 0.717) is 31.7 Å². The molecule has 1 aromatic heterocycles. The van der Waals surface area contributed by atoms with Crippen molar-refractivity contribution >= 4 is 17.5 Å². The van der Waals surface area contributed by atoms with Gasteiger partial charge < -0.3 is 14.2 Å². The first-order chi connectivity index (χ1) is 13.2. The van der Waals surface area contributed by atoms with Gasteiger partial charge in [0.25, 0.3) is 0 Å². The van der Waals surface area contributed by atoms with Crippen LogP contribution in [0.4, 0.5) is 13.2 Å². The molecule has 2 rings (SSSR count). The Bertz CT molecular complexity index is 775. The molecule has 0 spiro atoms. The lowest BCUT2D eigenvalue weighted by Gasteiger charge is -2.24. The van der Waals surface area contributed by atoms with Crippen LogP contribution in [0.3, 0.4) is 0 Å². The highest BCUT2D eigenvalue weighted by Crippen LogP contribution is 2.29. The number of alkyl halides is 4. The Morgan fingerprint density at radius 1 is 1.29 bits per heavy atom. The molecule has 1 heterocycles. The van der Waals surface area contributed by atoms with Crippen LogP contribution in [0.15, 0.2) is 42.6 Å². The highest BCUT2D eigenvalue weighted by Gasteiger charge is 2.30. The van der Waals surface area contributed by atoms with Gasteiger partial charge in [-0.15, -0.1) is 11.6 Å². The maximum absolute atomic E-state index is 12.9. The molecular weight excluding hydrogens is 393 g/mol. The lowest BCUT2D eigenvalue weighted by molar-refractivity contribution is -0.137. The van der Waals surface area contributed by atoms with Gasteiger partial charge in [0.15, 0.2) is 0 Å². The molecule has 0 radical (unpaired) electrons. The molecule has 0 saturated carbocycles. The van der Waals surface area contributed by atoms with Crippen molar-refractivity contribution in [2.24, 2.45) is 0 Å². The van der Waals surface area contributed by atoms with Crippen LogP contribution in [0, 0.1) is 0 Å². The van der Waals surface area contributed by atoms with Crippen molar-refractivity contribution in [3.05, 3.63) is 59.4 Å². The number of ether oxygens (including phenoxy) is 1. The summed E-state index contributed by atoms with van der Waals surface area (Å²) in [5, 5.41) is -0.658. The van der Waals surface area contributed by atoms with Gasteiger partial charge in [0.2, 0.25) is 5.91 Å². The molecule has 4 nitrogen and oxygen atoms in total. The number of hydrogen-bond acceptors (Lipinski definition) is 2. The standard InChI is InChI=1S/C20H24ClF3N2O2/c1-15(21)19(27)26(10-5-11-28-2)14-18-8-4-9-25(18)13-16-6-3-7-17(12-16)20(22,23)24/h3-4,6-9,12,15H,5,10-11,13-14H2,1-2H3/t15-/m0/s1. The first kappa shape index (κ1) is 22.3. The molecule has 0 saturated heterocycles. The second-order valence-corrected chi connectivity index (χ2v) is 7.20. The van der Waals surface area contributed by atoms with E-state index in [2.05, 4.69) is 0 Å². The van der Waals surface area contributed by atoms with Gasteiger partial charge in [0, 0.05) is 38.7 Å². The molecule has 1 aromatic carbocycles. The van der Waals surface area contributed by atoms with Crippen LogP contribution in [-0.2, 0) is 28.8 Å². The zero-order valence-electron chi connectivity index (χ0n) is 15.9. The minimum atomic E-state index is -4.38. The summed E-state index contributed by atoms with van der Waals surface area (Å²) in [6, 6.07) is 8.91. The summed E-state index contributed by atoms with van der Waals surface area (Å²) in [4.78, 5) is 14.1. The largest absolute Gasteiger partial charge is 0.416 e. The van der Waals surface area contributed by atoms with Crippen LogP contribution >= 0.6 is 11.6 Å². The molecule has 154 valence electrons. The third-order valence-electron chi connectivity index (χ3n) is 4.31. The number of carbonyl (C=O) groups is 1. The number of amides is 1. The van der Waals surface area contributed by atoms with Crippen LogP contribution in [0.1, 0.15) is 30.2 Å². The molecule has 28 heavy (non-hydrogen) atoms. The average molecular weight is 417 g/mol. The summed E-state index contributed by atoms with van der Waals surface area (Å²) >= 11 is 5.97. The first-order valence-electron chi connectivity index (χ1n) is 8.94.